The Kier molecular flexibility index (Phi) is 6.50. The molecule has 1 atom stereocenters. The SMILES string of the molecule is CCOc1ccc(C=CC(=O)C2=C(C)N(CC)C(=O)NC2c2ccccc2)cc1. The Morgan fingerprint density at radius 1 is 1.10 bits per heavy atom. The van der Waals surface area contributed by atoms with Gasteiger partial charge in [-0.1, -0.05) is 48.5 Å². The molecule has 150 valence electrons. The third-order valence-corrected chi connectivity index (χ3v) is 4.93. The Morgan fingerprint density at radius 3 is 2.41 bits per heavy atom. The van der Waals surface area contributed by atoms with Crippen LogP contribution in [0.1, 0.15) is 37.9 Å². The molecule has 29 heavy (non-hydrogen) atoms. The van der Waals surface area contributed by atoms with E-state index in [-0.39, 0.29) is 11.8 Å². The number of allylic oxidation sites excluding steroid dienone is 2. The van der Waals surface area contributed by atoms with Gasteiger partial charge in [0.2, 0.25) is 0 Å². The maximum atomic E-state index is 13.2. The van der Waals surface area contributed by atoms with E-state index in [1.165, 1.54) is 0 Å². The highest BCUT2D eigenvalue weighted by molar-refractivity contribution is 6.09. The highest BCUT2D eigenvalue weighted by Crippen LogP contribution is 2.31. The number of carbonyl (C=O) groups excluding carboxylic acids is 2. The fourth-order valence-electron chi connectivity index (χ4n) is 3.48. The Morgan fingerprint density at radius 2 is 1.79 bits per heavy atom. The third-order valence-electron chi connectivity index (χ3n) is 4.93. The van der Waals surface area contributed by atoms with E-state index < -0.39 is 6.04 Å². The van der Waals surface area contributed by atoms with Gasteiger partial charge in [-0.05, 0) is 50.1 Å². The molecule has 0 saturated heterocycles. The molecule has 0 radical (unpaired) electrons. The monoisotopic (exact) mass is 390 g/mol. The minimum absolute atomic E-state index is 0.122. The van der Waals surface area contributed by atoms with Gasteiger partial charge in [0.25, 0.3) is 0 Å². The van der Waals surface area contributed by atoms with E-state index in [2.05, 4.69) is 5.32 Å². The van der Waals surface area contributed by atoms with Crippen LogP contribution in [0.3, 0.4) is 0 Å². The topological polar surface area (TPSA) is 58.6 Å². The van der Waals surface area contributed by atoms with Crippen LogP contribution in [-0.4, -0.2) is 29.9 Å². The lowest BCUT2D eigenvalue weighted by Crippen LogP contribution is -2.47. The first kappa shape index (κ1) is 20.4. The van der Waals surface area contributed by atoms with Crippen LogP contribution in [-0.2, 0) is 4.79 Å². The Bertz CT molecular complexity index is 930. The van der Waals surface area contributed by atoms with E-state index in [9.17, 15) is 9.59 Å². The summed E-state index contributed by atoms with van der Waals surface area (Å²) in [5.74, 6) is 0.677. The van der Waals surface area contributed by atoms with Crippen LogP contribution in [0.2, 0.25) is 0 Å². The van der Waals surface area contributed by atoms with Gasteiger partial charge in [-0.25, -0.2) is 4.79 Å². The molecule has 0 saturated carbocycles. The number of carbonyl (C=O) groups is 2. The molecule has 2 aromatic rings. The van der Waals surface area contributed by atoms with Crippen LogP contribution in [0, 0.1) is 0 Å². The number of benzene rings is 2. The van der Waals surface area contributed by atoms with Gasteiger partial charge >= 0.3 is 6.03 Å². The summed E-state index contributed by atoms with van der Waals surface area (Å²) in [6.07, 6.45) is 3.35. The van der Waals surface area contributed by atoms with Gasteiger partial charge in [-0.15, -0.1) is 0 Å². The number of ether oxygens (including phenoxy) is 1. The van der Waals surface area contributed by atoms with Crippen molar-refractivity contribution in [1.29, 1.82) is 0 Å². The van der Waals surface area contributed by atoms with Gasteiger partial charge in [-0.2, -0.15) is 0 Å². The van der Waals surface area contributed by atoms with E-state index in [0.29, 0.717) is 24.4 Å². The number of ketones is 1. The second kappa shape index (κ2) is 9.24. The lowest BCUT2D eigenvalue weighted by molar-refractivity contribution is -0.111. The number of urea groups is 1. The summed E-state index contributed by atoms with van der Waals surface area (Å²) >= 11 is 0. The quantitative estimate of drug-likeness (QED) is 0.696. The van der Waals surface area contributed by atoms with Crippen LogP contribution in [0.15, 0.2) is 71.9 Å². The summed E-state index contributed by atoms with van der Waals surface area (Å²) in [6.45, 7) is 6.77. The zero-order valence-corrected chi connectivity index (χ0v) is 17.0. The van der Waals surface area contributed by atoms with E-state index in [1.54, 1.807) is 17.1 Å². The Labute approximate surface area is 171 Å². The molecule has 1 heterocycles. The Hall–Kier alpha value is -3.34. The lowest BCUT2D eigenvalue weighted by atomic mass is 9.91. The van der Waals surface area contributed by atoms with Crippen molar-refractivity contribution in [2.45, 2.75) is 26.8 Å². The third kappa shape index (κ3) is 4.57. The molecular weight excluding hydrogens is 364 g/mol. The van der Waals surface area contributed by atoms with Crippen LogP contribution < -0.4 is 10.1 Å². The second-order valence-corrected chi connectivity index (χ2v) is 6.74. The molecule has 2 aromatic carbocycles. The van der Waals surface area contributed by atoms with Gasteiger partial charge in [0, 0.05) is 17.8 Å². The molecular formula is C24H26N2O3. The van der Waals surface area contributed by atoms with Crippen molar-refractivity contribution in [1.82, 2.24) is 10.2 Å². The summed E-state index contributed by atoms with van der Waals surface area (Å²) in [4.78, 5) is 27.2. The van der Waals surface area contributed by atoms with Gasteiger partial charge in [-0.3, -0.25) is 9.69 Å². The average molecular weight is 390 g/mol. The summed E-state index contributed by atoms with van der Waals surface area (Å²) in [7, 11) is 0. The zero-order chi connectivity index (χ0) is 20.8. The first-order chi connectivity index (χ1) is 14.0. The summed E-state index contributed by atoms with van der Waals surface area (Å²) < 4.78 is 5.45. The van der Waals surface area contributed by atoms with Crippen molar-refractivity contribution in [3.05, 3.63) is 83.1 Å². The van der Waals surface area contributed by atoms with Crippen molar-refractivity contribution < 1.29 is 14.3 Å². The molecule has 3 rings (SSSR count). The van der Waals surface area contributed by atoms with Crippen LogP contribution in [0.25, 0.3) is 6.08 Å². The molecule has 0 aliphatic carbocycles. The summed E-state index contributed by atoms with van der Waals surface area (Å²) in [5, 5.41) is 2.97. The van der Waals surface area contributed by atoms with Gasteiger partial charge in [0.1, 0.15) is 5.75 Å². The first-order valence-corrected chi connectivity index (χ1v) is 9.84. The number of hydrogen-bond donors (Lipinski definition) is 1. The van der Waals surface area contributed by atoms with Crippen molar-refractivity contribution in [2.24, 2.45) is 0 Å². The molecule has 0 fully saturated rings. The second-order valence-electron chi connectivity index (χ2n) is 6.74. The van der Waals surface area contributed by atoms with Crippen molar-refractivity contribution in [2.75, 3.05) is 13.2 Å². The number of nitrogens with zero attached hydrogens (tertiary/aromatic N) is 1. The average Bonchev–Trinajstić information content (AvgIpc) is 2.74. The summed E-state index contributed by atoms with van der Waals surface area (Å²) in [5.41, 5.74) is 3.06. The molecule has 0 bridgehead atoms. The largest absolute Gasteiger partial charge is 0.494 e. The van der Waals surface area contributed by atoms with Gasteiger partial charge in [0.15, 0.2) is 5.78 Å². The highest BCUT2D eigenvalue weighted by Gasteiger charge is 2.33. The standard InChI is InChI=1S/C24H26N2O3/c1-4-26-17(3)22(23(25-24(26)28)19-9-7-6-8-10-19)21(27)16-13-18-11-14-20(15-12-18)29-5-2/h6-16,23H,4-5H2,1-3H3,(H,25,28). The van der Waals surface area contributed by atoms with E-state index in [0.717, 1.165) is 16.9 Å². The number of hydrogen-bond acceptors (Lipinski definition) is 3. The molecule has 1 aliphatic heterocycles. The highest BCUT2D eigenvalue weighted by atomic mass is 16.5. The number of amides is 2. The molecule has 5 nitrogen and oxygen atoms in total. The first-order valence-electron chi connectivity index (χ1n) is 9.84. The number of nitrogens with one attached hydrogen (secondary N) is 1. The summed E-state index contributed by atoms with van der Waals surface area (Å²) in [6, 6.07) is 16.5. The van der Waals surface area contributed by atoms with Crippen molar-refractivity contribution in [3.63, 3.8) is 0 Å². The molecule has 0 aromatic heterocycles. The molecule has 1 unspecified atom stereocenters. The molecule has 2 amide bonds. The van der Waals surface area contributed by atoms with Crippen LogP contribution in [0.5, 0.6) is 5.75 Å². The predicted molar refractivity (Wildman–Crippen MR) is 114 cm³/mol. The fourth-order valence-corrected chi connectivity index (χ4v) is 3.48. The van der Waals surface area contributed by atoms with Gasteiger partial charge in [0.05, 0.1) is 12.6 Å². The molecule has 1 N–H and O–H groups in total. The minimum Gasteiger partial charge on any atom is -0.494 e. The van der Waals surface area contributed by atoms with E-state index in [4.69, 9.17) is 4.74 Å². The zero-order valence-electron chi connectivity index (χ0n) is 17.0. The molecule has 5 heteroatoms. The van der Waals surface area contributed by atoms with Gasteiger partial charge < -0.3 is 10.1 Å². The number of rotatable bonds is 7. The molecule has 1 aliphatic rings. The predicted octanol–water partition coefficient (Wildman–Crippen LogP) is 4.73. The maximum absolute atomic E-state index is 13.2. The van der Waals surface area contributed by atoms with E-state index in [1.807, 2.05) is 75.4 Å². The lowest BCUT2D eigenvalue weighted by Gasteiger charge is -2.35. The smallest absolute Gasteiger partial charge is 0.322 e. The Balaban J connectivity index is 1.91. The fraction of sp³-hybridized carbons (Fsp3) is 0.250. The van der Waals surface area contributed by atoms with Crippen LogP contribution in [0.4, 0.5) is 4.79 Å². The molecule has 0 spiro atoms. The van der Waals surface area contributed by atoms with Crippen LogP contribution >= 0.6 is 0 Å². The van der Waals surface area contributed by atoms with Crippen molar-refractivity contribution in [3.8, 4) is 5.75 Å². The van der Waals surface area contributed by atoms with Crippen molar-refractivity contribution >= 4 is 17.9 Å². The normalized spacial score (nSPS) is 16.9. The maximum Gasteiger partial charge on any atom is 0.322 e. The minimum atomic E-state index is -0.469. The van der Waals surface area contributed by atoms with E-state index >= 15 is 0 Å².